The largest absolute Gasteiger partial charge is 0.491 e. The van der Waals surface area contributed by atoms with Gasteiger partial charge in [0.05, 0.1) is 6.61 Å². The summed E-state index contributed by atoms with van der Waals surface area (Å²) in [6, 6.07) is 6.65. The molecule has 1 aromatic heterocycles. The van der Waals surface area contributed by atoms with Crippen LogP contribution in [0, 0.1) is 0 Å². The number of rotatable bonds is 4. The van der Waals surface area contributed by atoms with Gasteiger partial charge in [-0.1, -0.05) is 0 Å². The fourth-order valence-corrected chi connectivity index (χ4v) is 2.73. The molecule has 22 heavy (non-hydrogen) atoms. The van der Waals surface area contributed by atoms with Crippen LogP contribution < -0.4 is 10.1 Å². The summed E-state index contributed by atoms with van der Waals surface area (Å²) in [7, 11) is 1.68. The van der Waals surface area contributed by atoms with Gasteiger partial charge in [0.15, 0.2) is 0 Å². The summed E-state index contributed by atoms with van der Waals surface area (Å²) >= 11 is 0. The van der Waals surface area contributed by atoms with Crippen LogP contribution in [0.15, 0.2) is 18.2 Å². The highest BCUT2D eigenvalue weighted by Crippen LogP contribution is 2.31. The summed E-state index contributed by atoms with van der Waals surface area (Å²) in [5.74, 6) is 0.914. The van der Waals surface area contributed by atoms with Crippen molar-refractivity contribution in [3.63, 3.8) is 0 Å². The Kier molecular flexibility index (Phi) is 5.80. The molecular formula is C16H22N2O4. The number of ether oxygens (including phenoxy) is 2. The van der Waals surface area contributed by atoms with E-state index in [1.165, 1.54) is 22.2 Å². The number of carboxylic acid groups (broad SMARTS) is 1. The fraction of sp³-hybridized carbons (Fsp3) is 0.438. The molecular weight excluding hydrogens is 284 g/mol. The van der Waals surface area contributed by atoms with Gasteiger partial charge < -0.3 is 24.9 Å². The molecule has 0 saturated carbocycles. The molecule has 1 aliphatic rings. The summed E-state index contributed by atoms with van der Waals surface area (Å²) < 4.78 is 10.7. The molecule has 1 unspecified atom stereocenters. The molecule has 6 heteroatoms. The van der Waals surface area contributed by atoms with Crippen molar-refractivity contribution >= 4 is 17.4 Å². The molecule has 1 atom stereocenters. The molecule has 2 aromatic rings. The molecule has 120 valence electrons. The van der Waals surface area contributed by atoms with E-state index in [0.29, 0.717) is 19.3 Å². The normalized spacial score (nSPS) is 16.5. The lowest BCUT2D eigenvalue weighted by atomic mass is 10.0. The number of hydrogen-bond acceptors (Lipinski definition) is 4. The van der Waals surface area contributed by atoms with Crippen LogP contribution in [0.2, 0.25) is 0 Å². The maximum absolute atomic E-state index is 8.36. The number of methoxy groups -OCH3 is 1. The lowest BCUT2D eigenvalue weighted by Gasteiger charge is -2.20. The van der Waals surface area contributed by atoms with E-state index in [9.17, 15) is 0 Å². The Balaban J connectivity index is 0.000000545. The smallest absolute Gasteiger partial charge is 0.290 e. The zero-order valence-electron chi connectivity index (χ0n) is 12.9. The minimum Gasteiger partial charge on any atom is -0.491 e. The van der Waals surface area contributed by atoms with Crippen molar-refractivity contribution in [2.75, 3.05) is 26.9 Å². The second kappa shape index (κ2) is 7.82. The molecule has 0 spiro atoms. The first-order valence-corrected chi connectivity index (χ1v) is 7.28. The molecule has 3 rings (SSSR count). The fourth-order valence-electron chi connectivity index (χ4n) is 2.73. The number of benzene rings is 1. The van der Waals surface area contributed by atoms with Crippen molar-refractivity contribution in [2.45, 2.75) is 19.4 Å². The molecule has 0 radical (unpaired) electrons. The SMILES string of the molecule is COCCOc1ccc2[nH]c3c(c2c1)CCNC3C.O=CO. The monoisotopic (exact) mass is 306 g/mol. The van der Waals surface area contributed by atoms with Crippen LogP contribution in [0.1, 0.15) is 24.2 Å². The van der Waals surface area contributed by atoms with Gasteiger partial charge in [0.25, 0.3) is 6.47 Å². The molecule has 6 nitrogen and oxygen atoms in total. The Morgan fingerprint density at radius 2 is 2.18 bits per heavy atom. The third kappa shape index (κ3) is 3.58. The van der Waals surface area contributed by atoms with Gasteiger partial charge in [0.1, 0.15) is 12.4 Å². The predicted octanol–water partition coefficient (Wildman–Crippen LogP) is 2.10. The number of fused-ring (bicyclic) bond motifs is 3. The number of hydrogen-bond donors (Lipinski definition) is 3. The Hall–Kier alpha value is -2.05. The topological polar surface area (TPSA) is 83.6 Å². The summed E-state index contributed by atoms with van der Waals surface area (Å²) in [6.45, 7) is 4.19. The van der Waals surface area contributed by atoms with Gasteiger partial charge in [-0.15, -0.1) is 0 Å². The van der Waals surface area contributed by atoms with Gasteiger partial charge in [0.2, 0.25) is 0 Å². The summed E-state index contributed by atoms with van der Waals surface area (Å²) in [5.41, 5.74) is 3.94. The molecule has 0 bridgehead atoms. The van der Waals surface area contributed by atoms with Crippen molar-refractivity contribution in [1.29, 1.82) is 0 Å². The molecule has 1 aromatic carbocycles. The van der Waals surface area contributed by atoms with E-state index in [1.807, 2.05) is 6.07 Å². The second-order valence-electron chi connectivity index (χ2n) is 5.10. The highest BCUT2D eigenvalue weighted by Gasteiger charge is 2.20. The van der Waals surface area contributed by atoms with Crippen LogP contribution in [-0.2, 0) is 16.0 Å². The standard InChI is InChI=1S/C15H20N2O2.CH2O2/c1-10-15-12(5-6-16-10)13-9-11(19-8-7-18-2)3-4-14(13)17-15;2-1-3/h3-4,9-10,16-17H,5-8H2,1-2H3;1H,(H,2,3). The molecule has 0 saturated heterocycles. The van der Waals surface area contributed by atoms with Gasteiger partial charge in [0, 0.05) is 29.7 Å². The van der Waals surface area contributed by atoms with E-state index in [0.717, 1.165) is 18.7 Å². The third-order valence-electron chi connectivity index (χ3n) is 3.73. The molecule has 0 fully saturated rings. The maximum atomic E-state index is 8.36. The zero-order chi connectivity index (χ0) is 15.9. The van der Waals surface area contributed by atoms with Crippen LogP contribution >= 0.6 is 0 Å². The lowest BCUT2D eigenvalue weighted by molar-refractivity contribution is -0.122. The molecule has 2 heterocycles. The first-order valence-electron chi connectivity index (χ1n) is 7.28. The number of aromatic nitrogens is 1. The summed E-state index contributed by atoms with van der Waals surface area (Å²) in [6.07, 6.45) is 1.07. The first kappa shape index (κ1) is 16.3. The minimum atomic E-state index is -0.250. The maximum Gasteiger partial charge on any atom is 0.290 e. The predicted molar refractivity (Wildman–Crippen MR) is 84.5 cm³/mol. The second-order valence-corrected chi connectivity index (χ2v) is 5.10. The van der Waals surface area contributed by atoms with Gasteiger partial charge in [-0.3, -0.25) is 4.79 Å². The van der Waals surface area contributed by atoms with Crippen molar-refractivity contribution in [3.05, 3.63) is 29.5 Å². The van der Waals surface area contributed by atoms with Crippen molar-refractivity contribution in [1.82, 2.24) is 10.3 Å². The van der Waals surface area contributed by atoms with Gasteiger partial charge in [-0.05, 0) is 43.7 Å². The van der Waals surface area contributed by atoms with E-state index in [4.69, 9.17) is 19.4 Å². The number of H-pyrrole nitrogens is 1. The Morgan fingerprint density at radius 3 is 2.91 bits per heavy atom. The van der Waals surface area contributed by atoms with E-state index < -0.39 is 0 Å². The van der Waals surface area contributed by atoms with Gasteiger partial charge >= 0.3 is 0 Å². The van der Waals surface area contributed by atoms with Crippen molar-refractivity contribution in [3.8, 4) is 5.75 Å². The summed E-state index contributed by atoms with van der Waals surface area (Å²) in [4.78, 5) is 11.9. The van der Waals surface area contributed by atoms with E-state index in [2.05, 4.69) is 29.4 Å². The average molecular weight is 306 g/mol. The zero-order valence-corrected chi connectivity index (χ0v) is 12.9. The Morgan fingerprint density at radius 1 is 1.41 bits per heavy atom. The van der Waals surface area contributed by atoms with Crippen LogP contribution in [0.25, 0.3) is 10.9 Å². The molecule has 0 amide bonds. The lowest BCUT2D eigenvalue weighted by Crippen LogP contribution is -2.27. The highest BCUT2D eigenvalue weighted by molar-refractivity contribution is 5.86. The van der Waals surface area contributed by atoms with E-state index >= 15 is 0 Å². The van der Waals surface area contributed by atoms with Crippen LogP contribution in [0.4, 0.5) is 0 Å². The number of aromatic amines is 1. The Bertz CT molecular complexity index is 624. The van der Waals surface area contributed by atoms with Gasteiger partial charge in [-0.25, -0.2) is 0 Å². The first-order chi connectivity index (χ1) is 10.7. The Labute approximate surface area is 129 Å². The van der Waals surface area contributed by atoms with Crippen molar-refractivity contribution in [2.24, 2.45) is 0 Å². The van der Waals surface area contributed by atoms with Crippen LogP contribution in [0.3, 0.4) is 0 Å². The van der Waals surface area contributed by atoms with E-state index in [1.54, 1.807) is 7.11 Å². The third-order valence-corrected chi connectivity index (χ3v) is 3.73. The van der Waals surface area contributed by atoms with Gasteiger partial charge in [-0.2, -0.15) is 0 Å². The van der Waals surface area contributed by atoms with E-state index in [-0.39, 0.29) is 6.47 Å². The summed E-state index contributed by atoms with van der Waals surface area (Å²) in [5, 5.41) is 11.7. The molecule has 1 aliphatic heterocycles. The molecule has 0 aliphatic carbocycles. The minimum absolute atomic E-state index is 0.250. The molecule has 3 N–H and O–H groups in total. The van der Waals surface area contributed by atoms with Crippen molar-refractivity contribution < 1.29 is 19.4 Å². The number of nitrogens with one attached hydrogen (secondary N) is 2. The van der Waals surface area contributed by atoms with Crippen LogP contribution in [-0.4, -0.2) is 43.4 Å². The van der Waals surface area contributed by atoms with Crippen LogP contribution in [0.5, 0.6) is 5.75 Å². The highest BCUT2D eigenvalue weighted by atomic mass is 16.5. The number of carbonyl (C=O) groups is 1. The average Bonchev–Trinajstić information content (AvgIpc) is 2.88. The quantitative estimate of drug-likeness (QED) is 0.595.